The molecule has 0 aliphatic carbocycles. The predicted molar refractivity (Wildman–Crippen MR) is 94.4 cm³/mol. The van der Waals surface area contributed by atoms with Crippen LogP contribution in [0, 0.1) is 17.0 Å². The van der Waals surface area contributed by atoms with Crippen molar-refractivity contribution in [2.45, 2.75) is 33.1 Å². The van der Waals surface area contributed by atoms with E-state index >= 15 is 0 Å². The minimum absolute atomic E-state index is 0.0310. The first-order valence-corrected chi connectivity index (χ1v) is 8.18. The van der Waals surface area contributed by atoms with Crippen molar-refractivity contribution in [1.82, 2.24) is 4.57 Å². The summed E-state index contributed by atoms with van der Waals surface area (Å²) in [6, 6.07) is 5.20. The fraction of sp³-hybridized carbons (Fsp3) is 0.375. The van der Waals surface area contributed by atoms with Gasteiger partial charge in [-0.15, -0.1) is 11.3 Å². The van der Waals surface area contributed by atoms with Gasteiger partial charge in [-0.05, 0) is 18.4 Å². The van der Waals surface area contributed by atoms with Crippen molar-refractivity contribution in [3.05, 3.63) is 49.8 Å². The van der Waals surface area contributed by atoms with Gasteiger partial charge in [0.2, 0.25) is 0 Å². The monoisotopic (exact) mass is 348 g/mol. The van der Waals surface area contributed by atoms with Gasteiger partial charge >= 0.3 is 6.03 Å². The topological polar surface area (TPSA) is 89.5 Å². The Hall–Kier alpha value is -2.48. The number of urea groups is 1. The Bertz CT molecular complexity index is 859. The molecule has 0 aliphatic rings. The Morgan fingerprint density at radius 3 is 2.58 bits per heavy atom. The SMILES string of the molecule is Cc1c(C(C)(C)C)s/c(=N\C(=O)Nc2cccc([N+](=O)[O-])c2)n1C. The first kappa shape index (κ1) is 17.9. The van der Waals surface area contributed by atoms with E-state index < -0.39 is 11.0 Å². The van der Waals surface area contributed by atoms with Crippen LogP contribution in [0.25, 0.3) is 0 Å². The summed E-state index contributed by atoms with van der Waals surface area (Å²) in [6.07, 6.45) is 0. The van der Waals surface area contributed by atoms with Gasteiger partial charge in [0.1, 0.15) is 0 Å². The molecule has 1 N–H and O–H groups in total. The first-order valence-electron chi connectivity index (χ1n) is 7.36. The highest BCUT2D eigenvalue weighted by Gasteiger charge is 2.21. The van der Waals surface area contributed by atoms with E-state index in [-0.39, 0.29) is 11.1 Å². The van der Waals surface area contributed by atoms with E-state index in [1.54, 1.807) is 6.07 Å². The molecule has 128 valence electrons. The number of nitro groups is 1. The third kappa shape index (κ3) is 3.88. The molecule has 0 unspecified atom stereocenters. The average molecular weight is 348 g/mol. The number of benzene rings is 1. The molecule has 0 spiro atoms. The van der Waals surface area contributed by atoms with Crippen LogP contribution in [0.1, 0.15) is 31.3 Å². The van der Waals surface area contributed by atoms with Crippen molar-refractivity contribution >= 4 is 28.7 Å². The van der Waals surface area contributed by atoms with Crippen molar-refractivity contribution in [1.29, 1.82) is 0 Å². The van der Waals surface area contributed by atoms with Gasteiger partial charge in [-0.2, -0.15) is 4.99 Å². The fourth-order valence-electron chi connectivity index (χ4n) is 2.26. The highest BCUT2D eigenvalue weighted by atomic mass is 32.1. The Morgan fingerprint density at radius 1 is 1.38 bits per heavy atom. The lowest BCUT2D eigenvalue weighted by molar-refractivity contribution is -0.384. The summed E-state index contributed by atoms with van der Waals surface area (Å²) >= 11 is 1.47. The van der Waals surface area contributed by atoms with Crippen molar-refractivity contribution in [2.75, 3.05) is 5.32 Å². The zero-order valence-corrected chi connectivity index (χ0v) is 15.1. The summed E-state index contributed by atoms with van der Waals surface area (Å²) in [7, 11) is 1.86. The third-order valence-corrected chi connectivity index (χ3v) is 5.16. The lowest BCUT2D eigenvalue weighted by Gasteiger charge is -2.17. The number of thiazole rings is 1. The molecule has 2 aromatic rings. The lowest BCUT2D eigenvalue weighted by Crippen LogP contribution is -2.17. The van der Waals surface area contributed by atoms with Gasteiger partial charge in [0.05, 0.1) is 4.92 Å². The number of nitrogens with zero attached hydrogens (tertiary/aromatic N) is 3. The zero-order chi connectivity index (χ0) is 18.1. The molecule has 8 heteroatoms. The number of aromatic nitrogens is 1. The molecule has 1 heterocycles. The van der Waals surface area contributed by atoms with Crippen LogP contribution in [0.4, 0.5) is 16.2 Å². The number of nitrogens with one attached hydrogen (secondary N) is 1. The maximum absolute atomic E-state index is 12.1. The molecule has 0 fully saturated rings. The van der Waals surface area contributed by atoms with E-state index in [0.717, 1.165) is 10.6 Å². The van der Waals surface area contributed by atoms with Crippen LogP contribution in [-0.2, 0) is 12.5 Å². The molecule has 0 saturated carbocycles. The van der Waals surface area contributed by atoms with E-state index in [4.69, 9.17) is 0 Å². The molecule has 0 radical (unpaired) electrons. The number of carbonyl (C=O) groups is 1. The molecule has 7 nitrogen and oxygen atoms in total. The first-order chi connectivity index (χ1) is 11.1. The summed E-state index contributed by atoms with van der Waals surface area (Å²) < 4.78 is 1.87. The normalized spacial score (nSPS) is 12.3. The van der Waals surface area contributed by atoms with Crippen LogP contribution in [0.5, 0.6) is 0 Å². The van der Waals surface area contributed by atoms with Gasteiger partial charge in [0.25, 0.3) is 5.69 Å². The van der Waals surface area contributed by atoms with Crippen LogP contribution in [0.2, 0.25) is 0 Å². The Morgan fingerprint density at radius 2 is 2.04 bits per heavy atom. The van der Waals surface area contributed by atoms with Gasteiger partial charge in [0.15, 0.2) is 4.80 Å². The second-order valence-electron chi connectivity index (χ2n) is 6.46. The van der Waals surface area contributed by atoms with Crippen molar-refractivity contribution in [2.24, 2.45) is 12.0 Å². The number of anilines is 1. The number of nitro benzene ring substituents is 1. The van der Waals surface area contributed by atoms with Gasteiger partial charge in [-0.3, -0.25) is 10.1 Å². The quantitative estimate of drug-likeness (QED) is 0.662. The van der Waals surface area contributed by atoms with Crippen molar-refractivity contribution in [3.8, 4) is 0 Å². The van der Waals surface area contributed by atoms with E-state index in [0.29, 0.717) is 10.5 Å². The molecule has 1 aromatic heterocycles. The molecule has 0 aliphatic heterocycles. The lowest BCUT2D eigenvalue weighted by atomic mass is 9.93. The maximum atomic E-state index is 12.1. The van der Waals surface area contributed by atoms with E-state index in [1.807, 2.05) is 18.5 Å². The third-order valence-electron chi connectivity index (χ3n) is 3.50. The molecular formula is C16H20N4O3S. The number of hydrogen-bond acceptors (Lipinski definition) is 4. The van der Waals surface area contributed by atoms with Gasteiger partial charge in [-0.25, -0.2) is 4.79 Å². The minimum Gasteiger partial charge on any atom is -0.324 e. The Kier molecular flexibility index (Phi) is 4.88. The number of rotatable bonds is 2. The molecule has 2 amide bonds. The number of non-ortho nitro benzene ring substituents is 1. The largest absolute Gasteiger partial charge is 0.348 e. The van der Waals surface area contributed by atoms with E-state index in [9.17, 15) is 14.9 Å². The highest BCUT2D eigenvalue weighted by Crippen LogP contribution is 2.27. The van der Waals surface area contributed by atoms with E-state index in [2.05, 4.69) is 31.1 Å². The van der Waals surface area contributed by atoms with Crippen LogP contribution in [-0.4, -0.2) is 15.5 Å². The standard InChI is InChI=1S/C16H20N4O3S/c1-10-13(16(2,3)4)24-15(19(10)5)18-14(21)17-11-7-6-8-12(9-11)20(22)23/h6-9H,1-5H3,(H,17,21)/b18-15-. The fourth-order valence-corrected chi connectivity index (χ4v) is 3.43. The molecule has 0 saturated heterocycles. The molecule has 0 atom stereocenters. The van der Waals surface area contributed by atoms with Crippen molar-refractivity contribution in [3.63, 3.8) is 0 Å². The molecule has 1 aromatic carbocycles. The second-order valence-corrected chi connectivity index (χ2v) is 7.44. The summed E-state index contributed by atoms with van der Waals surface area (Å²) in [4.78, 5) is 28.2. The van der Waals surface area contributed by atoms with Gasteiger partial charge < -0.3 is 9.88 Å². The Labute approximate surface area is 143 Å². The van der Waals surface area contributed by atoms with Crippen LogP contribution < -0.4 is 10.1 Å². The van der Waals surface area contributed by atoms with E-state index in [1.165, 1.54) is 29.5 Å². The van der Waals surface area contributed by atoms with Gasteiger partial charge in [-0.1, -0.05) is 26.8 Å². The summed E-state index contributed by atoms with van der Waals surface area (Å²) in [5.74, 6) is 0. The van der Waals surface area contributed by atoms with Crippen LogP contribution in [0.15, 0.2) is 29.3 Å². The summed E-state index contributed by atoms with van der Waals surface area (Å²) in [6.45, 7) is 8.32. The van der Waals surface area contributed by atoms with Crippen LogP contribution in [0.3, 0.4) is 0 Å². The molecular weight excluding hydrogens is 328 g/mol. The molecule has 0 bridgehead atoms. The number of hydrogen-bond donors (Lipinski definition) is 1. The number of carbonyl (C=O) groups excluding carboxylic acids is 1. The predicted octanol–water partition coefficient (Wildman–Crippen LogP) is 3.73. The maximum Gasteiger partial charge on any atom is 0.348 e. The summed E-state index contributed by atoms with van der Waals surface area (Å²) in [5, 5.41) is 13.3. The molecule has 24 heavy (non-hydrogen) atoms. The Balaban J connectivity index is 2.31. The zero-order valence-electron chi connectivity index (χ0n) is 14.3. The minimum atomic E-state index is -0.562. The smallest absolute Gasteiger partial charge is 0.324 e. The summed E-state index contributed by atoms with van der Waals surface area (Å²) in [5.41, 5.74) is 1.29. The average Bonchev–Trinajstić information content (AvgIpc) is 2.75. The van der Waals surface area contributed by atoms with Gasteiger partial charge in [0, 0.05) is 35.4 Å². The second kappa shape index (κ2) is 6.56. The van der Waals surface area contributed by atoms with Crippen molar-refractivity contribution < 1.29 is 9.72 Å². The highest BCUT2D eigenvalue weighted by molar-refractivity contribution is 7.09. The molecule has 2 rings (SSSR count). The van der Waals surface area contributed by atoms with Crippen LogP contribution >= 0.6 is 11.3 Å². The number of amides is 2.